The molecule has 0 aliphatic heterocycles. The van der Waals surface area contributed by atoms with Crippen molar-refractivity contribution in [2.75, 3.05) is 0 Å². The molecule has 4 rings (SSSR count). The molecule has 0 radical (unpaired) electrons. The van der Waals surface area contributed by atoms with Gasteiger partial charge < -0.3 is 4.98 Å². The van der Waals surface area contributed by atoms with Crippen LogP contribution >= 0.6 is 0 Å². The van der Waals surface area contributed by atoms with Crippen molar-refractivity contribution in [2.45, 2.75) is 39.5 Å². The highest BCUT2D eigenvalue weighted by molar-refractivity contribution is 5.75. The topological polar surface area (TPSA) is 70.7 Å². The average molecular weight is 387 g/mol. The van der Waals surface area contributed by atoms with Crippen LogP contribution in [-0.2, 0) is 11.8 Å². The third-order valence-corrected chi connectivity index (χ3v) is 5.37. The second-order valence-electron chi connectivity index (χ2n) is 8.52. The minimum absolute atomic E-state index is 0.0818. The van der Waals surface area contributed by atoms with Gasteiger partial charge in [0.25, 0.3) is 5.56 Å². The lowest BCUT2D eigenvalue weighted by atomic mass is 9.86. The lowest BCUT2D eigenvalue weighted by Crippen LogP contribution is -2.21. The number of nitrogens with one attached hydrogen (secondary N) is 2. The first-order valence-electron chi connectivity index (χ1n) is 9.77. The Morgan fingerprint density at radius 1 is 0.931 bits per heavy atom. The maximum atomic E-state index is 13.2. The first kappa shape index (κ1) is 19.0. The van der Waals surface area contributed by atoms with Crippen molar-refractivity contribution in [3.05, 3.63) is 97.6 Å². The van der Waals surface area contributed by atoms with Crippen molar-refractivity contribution in [1.82, 2.24) is 14.8 Å². The molecule has 0 aliphatic carbocycles. The molecule has 0 amide bonds. The molecular weight excluding hydrogens is 362 g/mol. The van der Waals surface area contributed by atoms with E-state index in [0.717, 1.165) is 11.3 Å². The Kier molecular flexibility index (Phi) is 4.53. The predicted octanol–water partition coefficient (Wildman–Crippen LogP) is 4.20. The molecule has 2 heterocycles. The van der Waals surface area contributed by atoms with Crippen molar-refractivity contribution in [3.8, 4) is 5.69 Å². The molecule has 0 saturated carbocycles. The number of hydrogen-bond donors (Lipinski definition) is 2. The number of rotatable bonds is 3. The maximum absolute atomic E-state index is 13.2. The molecule has 0 saturated heterocycles. The minimum atomic E-state index is -0.336. The van der Waals surface area contributed by atoms with E-state index in [1.807, 2.05) is 37.3 Å². The summed E-state index contributed by atoms with van der Waals surface area (Å²) in [5, 5.41) is 3.19. The van der Waals surface area contributed by atoms with Crippen molar-refractivity contribution >= 4 is 11.0 Å². The number of aryl methyl sites for hydroxylation is 1. The minimum Gasteiger partial charge on any atom is -0.343 e. The number of hydrogen-bond acceptors (Lipinski definition) is 2. The van der Waals surface area contributed by atoms with E-state index in [0.29, 0.717) is 23.3 Å². The van der Waals surface area contributed by atoms with Gasteiger partial charge >= 0.3 is 0 Å². The fourth-order valence-electron chi connectivity index (χ4n) is 3.62. The molecule has 4 aromatic rings. The third kappa shape index (κ3) is 3.44. The lowest BCUT2D eigenvalue weighted by molar-refractivity contribution is 0.590. The Bertz CT molecular complexity index is 1280. The van der Waals surface area contributed by atoms with Crippen LogP contribution in [0.2, 0.25) is 0 Å². The quantitative estimate of drug-likeness (QED) is 0.553. The van der Waals surface area contributed by atoms with Gasteiger partial charge in [0.15, 0.2) is 5.43 Å². The second-order valence-corrected chi connectivity index (χ2v) is 8.52. The molecule has 0 unspecified atom stereocenters. The van der Waals surface area contributed by atoms with Crippen LogP contribution in [-0.4, -0.2) is 14.8 Å². The average Bonchev–Trinajstić information content (AvgIpc) is 3.02. The number of aromatic nitrogens is 3. The smallest absolute Gasteiger partial charge is 0.284 e. The normalized spacial score (nSPS) is 11.9. The maximum Gasteiger partial charge on any atom is 0.284 e. The Balaban J connectivity index is 1.79. The van der Waals surface area contributed by atoms with Gasteiger partial charge in [0.05, 0.1) is 5.69 Å². The summed E-state index contributed by atoms with van der Waals surface area (Å²) in [6, 6.07) is 17.6. The van der Waals surface area contributed by atoms with E-state index in [4.69, 9.17) is 0 Å². The molecule has 2 N–H and O–H groups in total. The zero-order valence-electron chi connectivity index (χ0n) is 17.2. The van der Waals surface area contributed by atoms with Crippen molar-refractivity contribution < 1.29 is 0 Å². The summed E-state index contributed by atoms with van der Waals surface area (Å²) in [5.74, 6) is 0. The van der Waals surface area contributed by atoms with Gasteiger partial charge in [0.1, 0.15) is 11.0 Å². The number of benzene rings is 2. The number of para-hydroxylation sites is 1. The Morgan fingerprint density at radius 2 is 1.59 bits per heavy atom. The Hall–Kier alpha value is -3.34. The van der Waals surface area contributed by atoms with Crippen LogP contribution in [0.3, 0.4) is 0 Å². The highest BCUT2D eigenvalue weighted by Crippen LogP contribution is 2.23. The fourth-order valence-corrected chi connectivity index (χ4v) is 3.62. The summed E-state index contributed by atoms with van der Waals surface area (Å²) in [6.07, 6.45) is 0.484. The Labute approximate surface area is 169 Å². The monoisotopic (exact) mass is 387 g/mol. The summed E-state index contributed by atoms with van der Waals surface area (Å²) in [7, 11) is 0. The first-order valence-corrected chi connectivity index (χ1v) is 9.77. The van der Waals surface area contributed by atoms with E-state index in [2.05, 4.69) is 55.1 Å². The van der Waals surface area contributed by atoms with E-state index in [1.54, 1.807) is 0 Å². The van der Waals surface area contributed by atoms with Gasteiger partial charge in [-0.1, -0.05) is 63.2 Å². The van der Waals surface area contributed by atoms with E-state index in [-0.39, 0.29) is 21.8 Å². The lowest BCUT2D eigenvalue weighted by Gasteiger charge is -2.19. The van der Waals surface area contributed by atoms with Crippen LogP contribution in [0.25, 0.3) is 16.7 Å². The van der Waals surface area contributed by atoms with Crippen LogP contribution in [0.15, 0.2) is 64.2 Å². The number of aromatic amines is 2. The van der Waals surface area contributed by atoms with E-state index in [1.165, 1.54) is 10.2 Å². The Morgan fingerprint density at radius 3 is 2.21 bits per heavy atom. The molecule has 0 aliphatic rings. The molecule has 0 atom stereocenters. The van der Waals surface area contributed by atoms with E-state index < -0.39 is 0 Å². The van der Waals surface area contributed by atoms with Crippen LogP contribution in [0, 0.1) is 6.92 Å². The van der Waals surface area contributed by atoms with Gasteiger partial charge in [-0.2, -0.15) is 0 Å². The van der Waals surface area contributed by atoms with Gasteiger partial charge in [-0.15, -0.1) is 0 Å². The summed E-state index contributed by atoms with van der Waals surface area (Å²) in [4.78, 5) is 29.3. The number of fused-ring (bicyclic) bond motifs is 1. The molecule has 2 aromatic carbocycles. The van der Waals surface area contributed by atoms with Crippen LogP contribution in [0.4, 0.5) is 0 Å². The predicted molar refractivity (Wildman–Crippen MR) is 117 cm³/mol. The molecule has 148 valence electrons. The summed E-state index contributed by atoms with van der Waals surface area (Å²) < 4.78 is 1.41. The molecular formula is C24H25N3O2. The van der Waals surface area contributed by atoms with Crippen molar-refractivity contribution in [3.63, 3.8) is 0 Å². The van der Waals surface area contributed by atoms with Crippen molar-refractivity contribution in [1.29, 1.82) is 0 Å². The molecule has 0 fully saturated rings. The van der Waals surface area contributed by atoms with Gasteiger partial charge in [-0.3, -0.25) is 14.7 Å². The highest BCUT2D eigenvalue weighted by Gasteiger charge is 2.18. The van der Waals surface area contributed by atoms with Crippen LogP contribution in [0.1, 0.15) is 43.2 Å². The SMILES string of the molecule is Cc1[nH]c2[nH]n(-c3ccccc3)c(=O)c2c(=O)c1Cc1ccc(C(C)(C)C)cc1. The molecule has 5 heteroatoms. The molecule has 5 nitrogen and oxygen atoms in total. The summed E-state index contributed by atoms with van der Waals surface area (Å²) >= 11 is 0. The van der Waals surface area contributed by atoms with E-state index >= 15 is 0 Å². The van der Waals surface area contributed by atoms with Gasteiger partial charge in [-0.25, -0.2) is 4.68 Å². The molecule has 29 heavy (non-hydrogen) atoms. The number of nitrogens with zero attached hydrogens (tertiary/aromatic N) is 1. The highest BCUT2D eigenvalue weighted by atomic mass is 16.1. The summed E-state index contributed by atoms with van der Waals surface area (Å²) in [5.41, 5.74) is 4.36. The number of pyridine rings is 1. The fraction of sp³-hybridized carbons (Fsp3) is 0.250. The largest absolute Gasteiger partial charge is 0.343 e. The third-order valence-electron chi connectivity index (χ3n) is 5.37. The first-order chi connectivity index (χ1) is 13.8. The van der Waals surface area contributed by atoms with Crippen LogP contribution in [0.5, 0.6) is 0 Å². The number of H-pyrrole nitrogens is 2. The molecule has 2 aromatic heterocycles. The summed E-state index contributed by atoms with van der Waals surface area (Å²) in [6.45, 7) is 8.40. The zero-order valence-corrected chi connectivity index (χ0v) is 17.2. The molecule has 0 bridgehead atoms. The van der Waals surface area contributed by atoms with Gasteiger partial charge in [0, 0.05) is 17.7 Å². The van der Waals surface area contributed by atoms with Crippen LogP contribution < -0.4 is 11.0 Å². The van der Waals surface area contributed by atoms with Crippen molar-refractivity contribution in [2.24, 2.45) is 0 Å². The van der Waals surface area contributed by atoms with E-state index in [9.17, 15) is 9.59 Å². The zero-order chi connectivity index (χ0) is 20.8. The standard InChI is InChI=1S/C24H25N3O2/c1-15-19(14-16-10-12-17(13-11-16)24(2,3)4)21(28)20-22(25-15)26-27(23(20)29)18-8-6-5-7-9-18/h5-13H,14H2,1-4H3,(H2,25,26,28). The molecule has 0 spiro atoms. The van der Waals surface area contributed by atoms with Gasteiger partial charge in [-0.05, 0) is 35.6 Å². The van der Waals surface area contributed by atoms with Gasteiger partial charge in [0.2, 0.25) is 0 Å². The second kappa shape index (κ2) is 6.92.